The molecule has 1 aliphatic rings. The normalized spacial score (nSPS) is 18.0. The summed E-state index contributed by atoms with van der Waals surface area (Å²) in [5.74, 6) is 0.444. The molecule has 5 nitrogen and oxygen atoms in total. The van der Waals surface area contributed by atoms with E-state index in [0.717, 1.165) is 0 Å². The highest BCUT2D eigenvalue weighted by Gasteiger charge is 2.65. The van der Waals surface area contributed by atoms with Gasteiger partial charge in [-0.25, -0.2) is 8.42 Å². The number of sulfonamides is 1. The predicted octanol–water partition coefficient (Wildman–Crippen LogP) is 2.07. The van der Waals surface area contributed by atoms with Crippen molar-refractivity contribution in [2.24, 2.45) is 0 Å². The number of furan rings is 1. The van der Waals surface area contributed by atoms with E-state index in [4.69, 9.17) is 4.42 Å². The zero-order valence-corrected chi connectivity index (χ0v) is 12.5. The molecule has 0 bridgehead atoms. The largest absolute Gasteiger partial charge is 0.464 e. The summed E-state index contributed by atoms with van der Waals surface area (Å²) in [6, 6.07) is 1.26. The molecule has 0 unspecified atom stereocenters. The quantitative estimate of drug-likeness (QED) is 0.839. The summed E-state index contributed by atoms with van der Waals surface area (Å²) in [5, 5.41) is 2.95. The third-order valence-electron chi connectivity index (χ3n) is 3.38. The van der Waals surface area contributed by atoms with Gasteiger partial charge in [0.2, 0.25) is 10.0 Å². The molecule has 0 aromatic carbocycles. The van der Waals surface area contributed by atoms with Crippen LogP contribution in [0.3, 0.4) is 0 Å². The number of hydrogen-bond acceptors (Lipinski definition) is 4. The Morgan fingerprint density at radius 2 is 2.00 bits per heavy atom. The Bertz CT molecular complexity index is 618. The number of hydrogen-bond donors (Lipinski definition) is 2. The number of rotatable bonds is 6. The van der Waals surface area contributed by atoms with Crippen LogP contribution in [0.5, 0.6) is 0 Å². The molecule has 1 heterocycles. The van der Waals surface area contributed by atoms with Crippen molar-refractivity contribution in [2.75, 3.05) is 6.54 Å². The molecule has 9 heteroatoms. The second-order valence-electron chi connectivity index (χ2n) is 5.10. The van der Waals surface area contributed by atoms with E-state index in [-0.39, 0.29) is 23.5 Å². The van der Waals surface area contributed by atoms with E-state index in [2.05, 4.69) is 5.32 Å². The van der Waals surface area contributed by atoms with Gasteiger partial charge >= 0.3 is 6.18 Å². The summed E-state index contributed by atoms with van der Waals surface area (Å²) in [5.41, 5.74) is -2.32. The van der Waals surface area contributed by atoms with Gasteiger partial charge in [0.1, 0.15) is 22.0 Å². The minimum absolute atomic E-state index is 0.0772. The van der Waals surface area contributed by atoms with Crippen LogP contribution in [-0.4, -0.2) is 26.7 Å². The minimum Gasteiger partial charge on any atom is -0.464 e. The first kappa shape index (κ1) is 16.3. The van der Waals surface area contributed by atoms with Crippen molar-refractivity contribution in [1.29, 1.82) is 0 Å². The molecule has 2 rings (SSSR count). The summed E-state index contributed by atoms with van der Waals surface area (Å²) in [6.45, 7) is 4.26. The highest BCUT2D eigenvalue weighted by molar-refractivity contribution is 7.89. The third kappa shape index (κ3) is 3.24. The lowest BCUT2D eigenvalue weighted by Gasteiger charge is -2.20. The molecule has 0 radical (unpaired) electrons. The van der Waals surface area contributed by atoms with E-state index >= 15 is 0 Å². The van der Waals surface area contributed by atoms with Gasteiger partial charge in [0.25, 0.3) is 0 Å². The van der Waals surface area contributed by atoms with Crippen LogP contribution in [0.25, 0.3) is 0 Å². The standard InChI is InChI=1S/C12H17F3N2O3S/c1-3-16-7-9-6-10(8(2)20-9)21(18,19)17-11(4-5-11)12(13,14)15/h6,16-17H,3-5,7H2,1-2H3. The molecule has 2 N–H and O–H groups in total. The predicted molar refractivity (Wildman–Crippen MR) is 69.2 cm³/mol. The zero-order valence-electron chi connectivity index (χ0n) is 11.7. The Kier molecular flexibility index (Phi) is 4.11. The van der Waals surface area contributed by atoms with Crippen molar-refractivity contribution < 1.29 is 26.0 Å². The third-order valence-corrected chi connectivity index (χ3v) is 5.03. The van der Waals surface area contributed by atoms with Crippen LogP contribution < -0.4 is 10.0 Å². The first-order valence-corrected chi connectivity index (χ1v) is 8.00. The highest BCUT2D eigenvalue weighted by Crippen LogP contribution is 2.49. The van der Waals surface area contributed by atoms with Crippen LogP contribution in [0.4, 0.5) is 13.2 Å². The van der Waals surface area contributed by atoms with E-state index in [1.54, 1.807) is 4.72 Å². The summed E-state index contributed by atoms with van der Waals surface area (Å²) in [4.78, 5) is -0.245. The van der Waals surface area contributed by atoms with Gasteiger partial charge in [-0.2, -0.15) is 17.9 Å². The Morgan fingerprint density at radius 3 is 2.48 bits per heavy atom. The highest BCUT2D eigenvalue weighted by atomic mass is 32.2. The van der Waals surface area contributed by atoms with Gasteiger partial charge in [-0.3, -0.25) is 0 Å². The van der Waals surface area contributed by atoms with E-state index < -0.39 is 21.7 Å². The SMILES string of the molecule is CCNCc1cc(S(=O)(=O)NC2(C(F)(F)F)CC2)c(C)o1. The minimum atomic E-state index is -4.59. The summed E-state index contributed by atoms with van der Waals surface area (Å²) >= 11 is 0. The van der Waals surface area contributed by atoms with Crippen molar-refractivity contribution in [3.63, 3.8) is 0 Å². The maximum absolute atomic E-state index is 12.9. The topological polar surface area (TPSA) is 71.3 Å². The molecule has 0 atom stereocenters. The molecule has 21 heavy (non-hydrogen) atoms. The van der Waals surface area contributed by atoms with Crippen molar-refractivity contribution in [1.82, 2.24) is 10.0 Å². The van der Waals surface area contributed by atoms with Crippen molar-refractivity contribution in [3.05, 3.63) is 17.6 Å². The van der Waals surface area contributed by atoms with Crippen LogP contribution in [0.2, 0.25) is 0 Å². The van der Waals surface area contributed by atoms with Crippen LogP contribution in [-0.2, 0) is 16.6 Å². The molecule has 1 aromatic heterocycles. The summed E-state index contributed by atoms with van der Waals surface area (Å²) in [7, 11) is -4.27. The Balaban J connectivity index is 2.23. The average molecular weight is 326 g/mol. The van der Waals surface area contributed by atoms with Gasteiger partial charge in [-0.15, -0.1) is 0 Å². The second-order valence-corrected chi connectivity index (χ2v) is 6.75. The van der Waals surface area contributed by atoms with Crippen LogP contribution >= 0.6 is 0 Å². The summed E-state index contributed by atoms with van der Waals surface area (Å²) < 4.78 is 69.9. The number of aryl methyl sites for hydroxylation is 1. The molecule has 0 spiro atoms. The number of halogens is 3. The Hall–Kier alpha value is -1.06. The van der Waals surface area contributed by atoms with Crippen LogP contribution in [0.1, 0.15) is 31.3 Å². The van der Waals surface area contributed by atoms with Crippen LogP contribution in [0, 0.1) is 6.92 Å². The maximum Gasteiger partial charge on any atom is 0.407 e. The lowest BCUT2D eigenvalue weighted by Crippen LogP contribution is -2.47. The zero-order chi connectivity index (χ0) is 15.9. The molecular formula is C12H17F3N2O3S. The molecule has 120 valence electrons. The maximum atomic E-state index is 12.9. The molecule has 1 aliphatic carbocycles. The molecule has 1 fully saturated rings. The lowest BCUT2D eigenvalue weighted by atomic mass is 10.3. The fourth-order valence-electron chi connectivity index (χ4n) is 2.01. The van der Waals surface area contributed by atoms with Crippen LogP contribution in [0.15, 0.2) is 15.4 Å². The molecule has 0 aliphatic heterocycles. The van der Waals surface area contributed by atoms with Gasteiger partial charge in [-0.05, 0) is 26.3 Å². The van der Waals surface area contributed by atoms with Gasteiger partial charge in [0, 0.05) is 6.07 Å². The smallest absolute Gasteiger partial charge is 0.407 e. The first-order valence-electron chi connectivity index (χ1n) is 6.52. The van der Waals surface area contributed by atoms with E-state index in [1.807, 2.05) is 6.92 Å². The number of nitrogens with one attached hydrogen (secondary N) is 2. The Labute approximate surface area is 120 Å². The molecule has 1 aromatic rings. The molecular weight excluding hydrogens is 309 g/mol. The molecule has 1 saturated carbocycles. The van der Waals surface area contributed by atoms with Gasteiger partial charge in [-0.1, -0.05) is 6.92 Å². The van der Waals surface area contributed by atoms with Gasteiger partial charge in [0.05, 0.1) is 6.54 Å². The number of alkyl halides is 3. The van der Waals surface area contributed by atoms with Gasteiger partial charge in [0.15, 0.2) is 0 Å². The average Bonchev–Trinajstić information content (AvgIpc) is 3.02. The van der Waals surface area contributed by atoms with E-state index in [1.165, 1.54) is 13.0 Å². The summed E-state index contributed by atoms with van der Waals surface area (Å²) in [6.07, 6.45) is -5.07. The Morgan fingerprint density at radius 1 is 1.38 bits per heavy atom. The lowest BCUT2D eigenvalue weighted by molar-refractivity contribution is -0.160. The molecule has 0 saturated heterocycles. The van der Waals surface area contributed by atoms with Crippen molar-refractivity contribution in [3.8, 4) is 0 Å². The van der Waals surface area contributed by atoms with Crippen molar-refractivity contribution >= 4 is 10.0 Å². The van der Waals surface area contributed by atoms with E-state index in [9.17, 15) is 21.6 Å². The van der Waals surface area contributed by atoms with Crippen molar-refractivity contribution in [2.45, 2.75) is 49.8 Å². The molecule has 0 amide bonds. The fraction of sp³-hybridized carbons (Fsp3) is 0.667. The van der Waals surface area contributed by atoms with E-state index in [0.29, 0.717) is 18.8 Å². The first-order chi connectivity index (χ1) is 9.61. The monoisotopic (exact) mass is 326 g/mol. The van der Waals surface area contributed by atoms with Gasteiger partial charge < -0.3 is 9.73 Å². The fourth-order valence-corrected chi connectivity index (χ4v) is 3.66. The second kappa shape index (κ2) is 5.29.